The van der Waals surface area contributed by atoms with E-state index in [1.165, 1.54) is 11.3 Å². The van der Waals surface area contributed by atoms with Gasteiger partial charge in [-0.15, -0.1) is 0 Å². The molecule has 100 valence electrons. The molecule has 1 saturated heterocycles. The first-order valence-corrected chi connectivity index (χ1v) is 6.65. The van der Waals surface area contributed by atoms with Crippen LogP contribution in [0, 0.1) is 6.92 Å². The summed E-state index contributed by atoms with van der Waals surface area (Å²) >= 11 is 0. The number of ether oxygens (including phenoxy) is 2. The Morgan fingerprint density at radius 2 is 2.33 bits per heavy atom. The fourth-order valence-corrected chi connectivity index (χ4v) is 3.27. The van der Waals surface area contributed by atoms with Gasteiger partial charge in [-0.25, -0.2) is 0 Å². The van der Waals surface area contributed by atoms with Crippen LogP contribution in [0.3, 0.4) is 0 Å². The molecule has 0 aromatic carbocycles. The van der Waals surface area contributed by atoms with E-state index < -0.39 is 0 Å². The summed E-state index contributed by atoms with van der Waals surface area (Å²) in [7, 11) is 1.72. The summed E-state index contributed by atoms with van der Waals surface area (Å²) in [5.41, 5.74) is 2.36. The van der Waals surface area contributed by atoms with Gasteiger partial charge in [0, 0.05) is 7.11 Å². The maximum Gasteiger partial charge on any atom is 0.113 e. The van der Waals surface area contributed by atoms with E-state index in [-0.39, 0.29) is 11.7 Å². The lowest BCUT2D eigenvalue weighted by atomic mass is 9.85. The van der Waals surface area contributed by atoms with Crippen molar-refractivity contribution in [2.45, 2.75) is 38.0 Å². The number of rotatable bonds is 2. The highest BCUT2D eigenvalue weighted by atomic mass is 16.5. The van der Waals surface area contributed by atoms with Crippen LogP contribution in [-0.4, -0.2) is 42.7 Å². The zero-order valence-electron chi connectivity index (χ0n) is 11.1. The molecule has 1 spiro atoms. The molecule has 1 aromatic rings. The lowest BCUT2D eigenvalue weighted by Crippen LogP contribution is -2.50. The predicted molar refractivity (Wildman–Crippen MR) is 67.5 cm³/mol. The zero-order valence-corrected chi connectivity index (χ0v) is 11.1. The van der Waals surface area contributed by atoms with Gasteiger partial charge in [0.2, 0.25) is 0 Å². The molecule has 0 radical (unpaired) electrons. The minimum absolute atomic E-state index is 0.111. The van der Waals surface area contributed by atoms with Crippen molar-refractivity contribution < 1.29 is 9.47 Å². The molecule has 3 rings (SSSR count). The molecule has 0 aliphatic carbocycles. The van der Waals surface area contributed by atoms with Gasteiger partial charge in [0.25, 0.3) is 0 Å². The molecule has 2 aliphatic heterocycles. The molecule has 1 atom stereocenters. The summed E-state index contributed by atoms with van der Waals surface area (Å²) in [5, 5.41) is 7.90. The van der Waals surface area contributed by atoms with Crippen molar-refractivity contribution in [2.24, 2.45) is 0 Å². The molecule has 1 aromatic heterocycles. The second-order valence-electron chi connectivity index (χ2n) is 5.30. The van der Waals surface area contributed by atoms with E-state index in [2.05, 4.69) is 22.0 Å². The molecule has 1 unspecified atom stereocenters. The highest BCUT2D eigenvalue weighted by Crippen LogP contribution is 2.40. The molecule has 5 heteroatoms. The highest BCUT2D eigenvalue weighted by Gasteiger charge is 2.44. The molecule has 18 heavy (non-hydrogen) atoms. The van der Waals surface area contributed by atoms with E-state index in [0.717, 1.165) is 32.5 Å². The summed E-state index contributed by atoms with van der Waals surface area (Å²) in [4.78, 5) is 0. The fraction of sp³-hybridized carbons (Fsp3) is 0.769. The Kier molecular flexibility index (Phi) is 3.13. The molecular formula is C13H21N3O2. The number of hydrogen-bond donors (Lipinski definition) is 1. The Bertz CT molecular complexity index is 424. The topological polar surface area (TPSA) is 48.3 Å². The molecule has 1 fully saturated rings. The number of aryl methyl sites for hydroxylation is 1. The number of piperidine rings is 1. The Labute approximate surface area is 107 Å². The van der Waals surface area contributed by atoms with Crippen molar-refractivity contribution in [3.05, 3.63) is 17.5 Å². The van der Waals surface area contributed by atoms with E-state index in [0.29, 0.717) is 6.61 Å². The molecule has 0 amide bonds. The second kappa shape index (κ2) is 4.64. The SMILES string of the molecule is COCC1Cn2ncc(C)c2C2(CCNCC2)O1. The molecular weight excluding hydrogens is 230 g/mol. The summed E-state index contributed by atoms with van der Waals surface area (Å²) in [6.45, 7) is 5.57. The minimum atomic E-state index is -0.159. The largest absolute Gasteiger partial charge is 0.382 e. The van der Waals surface area contributed by atoms with Crippen LogP contribution >= 0.6 is 0 Å². The van der Waals surface area contributed by atoms with Crippen LogP contribution in [-0.2, 0) is 21.6 Å². The van der Waals surface area contributed by atoms with Crippen molar-refractivity contribution in [2.75, 3.05) is 26.8 Å². The first-order chi connectivity index (χ1) is 8.75. The number of methoxy groups -OCH3 is 1. The van der Waals surface area contributed by atoms with Crippen molar-refractivity contribution in [3.8, 4) is 0 Å². The van der Waals surface area contributed by atoms with Crippen LogP contribution in [0.4, 0.5) is 0 Å². The quantitative estimate of drug-likeness (QED) is 0.845. The van der Waals surface area contributed by atoms with Crippen LogP contribution in [0.15, 0.2) is 6.20 Å². The first kappa shape index (κ1) is 12.1. The van der Waals surface area contributed by atoms with E-state index in [1.807, 2.05) is 6.20 Å². The maximum atomic E-state index is 6.40. The van der Waals surface area contributed by atoms with Crippen LogP contribution in [0.5, 0.6) is 0 Å². The van der Waals surface area contributed by atoms with E-state index >= 15 is 0 Å². The number of hydrogen-bond acceptors (Lipinski definition) is 4. The van der Waals surface area contributed by atoms with E-state index in [9.17, 15) is 0 Å². The summed E-state index contributed by atoms with van der Waals surface area (Å²) in [6.07, 6.45) is 4.09. The van der Waals surface area contributed by atoms with Gasteiger partial charge in [-0.1, -0.05) is 0 Å². The molecule has 0 bridgehead atoms. The Balaban J connectivity index is 1.97. The first-order valence-electron chi connectivity index (χ1n) is 6.65. The van der Waals surface area contributed by atoms with Gasteiger partial charge >= 0.3 is 0 Å². The fourth-order valence-electron chi connectivity index (χ4n) is 3.27. The minimum Gasteiger partial charge on any atom is -0.382 e. The number of nitrogens with one attached hydrogen (secondary N) is 1. The monoisotopic (exact) mass is 251 g/mol. The average Bonchev–Trinajstić information content (AvgIpc) is 2.73. The normalized spacial score (nSPS) is 26.2. The van der Waals surface area contributed by atoms with Crippen molar-refractivity contribution >= 4 is 0 Å². The van der Waals surface area contributed by atoms with Gasteiger partial charge in [0.1, 0.15) is 11.7 Å². The van der Waals surface area contributed by atoms with Gasteiger partial charge in [-0.2, -0.15) is 5.10 Å². The molecule has 1 N–H and O–H groups in total. The second-order valence-corrected chi connectivity index (χ2v) is 5.30. The van der Waals surface area contributed by atoms with Gasteiger partial charge < -0.3 is 14.8 Å². The summed E-state index contributed by atoms with van der Waals surface area (Å²) < 4.78 is 13.8. The van der Waals surface area contributed by atoms with Crippen LogP contribution < -0.4 is 5.32 Å². The van der Waals surface area contributed by atoms with Crippen LogP contribution in [0.1, 0.15) is 24.1 Å². The highest BCUT2D eigenvalue weighted by molar-refractivity contribution is 5.25. The lowest BCUT2D eigenvalue weighted by Gasteiger charge is -2.44. The standard InChI is InChI=1S/C13H21N3O2/c1-10-7-15-16-8-11(9-17-2)18-13(12(10)16)3-5-14-6-4-13/h7,11,14H,3-6,8-9H2,1-2H3. The number of fused-ring (bicyclic) bond motifs is 2. The molecule has 5 nitrogen and oxygen atoms in total. The molecule has 2 aliphatic rings. The number of aromatic nitrogens is 2. The van der Waals surface area contributed by atoms with Gasteiger partial charge in [0.15, 0.2) is 0 Å². The van der Waals surface area contributed by atoms with Crippen LogP contribution in [0.25, 0.3) is 0 Å². The third-order valence-electron chi connectivity index (χ3n) is 3.99. The maximum absolute atomic E-state index is 6.40. The Morgan fingerprint density at radius 3 is 3.06 bits per heavy atom. The van der Waals surface area contributed by atoms with Crippen molar-refractivity contribution in [3.63, 3.8) is 0 Å². The van der Waals surface area contributed by atoms with E-state index in [4.69, 9.17) is 9.47 Å². The third-order valence-corrected chi connectivity index (χ3v) is 3.99. The van der Waals surface area contributed by atoms with Gasteiger partial charge in [-0.3, -0.25) is 4.68 Å². The predicted octanol–water partition coefficient (Wildman–Crippen LogP) is 0.815. The van der Waals surface area contributed by atoms with Crippen LogP contribution in [0.2, 0.25) is 0 Å². The van der Waals surface area contributed by atoms with Gasteiger partial charge in [0.05, 0.1) is 25.0 Å². The van der Waals surface area contributed by atoms with Crippen molar-refractivity contribution in [1.29, 1.82) is 0 Å². The third kappa shape index (κ3) is 1.86. The van der Waals surface area contributed by atoms with E-state index in [1.54, 1.807) is 7.11 Å². The smallest absolute Gasteiger partial charge is 0.113 e. The Morgan fingerprint density at radius 1 is 1.56 bits per heavy atom. The van der Waals surface area contributed by atoms with Gasteiger partial charge in [-0.05, 0) is 38.4 Å². The molecule has 3 heterocycles. The lowest BCUT2D eigenvalue weighted by molar-refractivity contribution is -0.161. The zero-order chi connectivity index (χ0) is 12.6. The average molecular weight is 251 g/mol. The van der Waals surface area contributed by atoms with Crippen molar-refractivity contribution in [1.82, 2.24) is 15.1 Å². The number of nitrogens with zero attached hydrogens (tertiary/aromatic N) is 2. The summed E-state index contributed by atoms with van der Waals surface area (Å²) in [6, 6.07) is 0. The summed E-state index contributed by atoms with van der Waals surface area (Å²) in [5.74, 6) is 0. The molecule has 0 saturated carbocycles. The Hall–Kier alpha value is -0.910.